The number of nitrogens with zero attached hydrogens (tertiary/aromatic N) is 1. The van der Waals surface area contributed by atoms with Crippen molar-refractivity contribution in [2.45, 2.75) is 64.7 Å². The van der Waals surface area contributed by atoms with Crippen LogP contribution in [-0.4, -0.2) is 19.0 Å². The van der Waals surface area contributed by atoms with Crippen molar-refractivity contribution >= 4 is 0 Å². The van der Waals surface area contributed by atoms with Crippen LogP contribution in [0, 0.1) is 6.54 Å². The maximum Gasteiger partial charge on any atom is 0.0245 e. The minimum Gasteiger partial charge on any atom is -0.305 e. The van der Waals surface area contributed by atoms with Crippen molar-refractivity contribution in [1.29, 1.82) is 0 Å². The summed E-state index contributed by atoms with van der Waals surface area (Å²) in [7, 11) is 4.20. The molecule has 0 unspecified atom stereocenters. The van der Waals surface area contributed by atoms with Crippen LogP contribution in [-0.2, 0) is 0 Å². The Morgan fingerprint density at radius 2 is 1.29 bits per heavy atom. The van der Waals surface area contributed by atoms with E-state index in [9.17, 15) is 0 Å². The molecule has 1 heteroatoms. The molecule has 0 aliphatic carbocycles. The highest BCUT2D eigenvalue weighted by molar-refractivity contribution is 4.60. The van der Waals surface area contributed by atoms with Crippen LogP contribution in [0.2, 0.25) is 0 Å². The van der Waals surface area contributed by atoms with Crippen LogP contribution in [0.3, 0.4) is 0 Å². The van der Waals surface area contributed by atoms with Crippen molar-refractivity contribution in [3.8, 4) is 0 Å². The smallest absolute Gasteiger partial charge is 0.0245 e. The summed E-state index contributed by atoms with van der Waals surface area (Å²) < 4.78 is 0. The lowest BCUT2D eigenvalue weighted by molar-refractivity contribution is 0.461. The van der Waals surface area contributed by atoms with Gasteiger partial charge < -0.3 is 4.90 Å². The lowest BCUT2D eigenvalue weighted by Crippen LogP contribution is -2.06. The SMILES string of the molecule is CCCCCCCCCC[CH]N(C)C. The van der Waals surface area contributed by atoms with Gasteiger partial charge in [0, 0.05) is 6.54 Å². The highest BCUT2D eigenvalue weighted by Crippen LogP contribution is 2.10. The number of hydrogen-bond acceptors (Lipinski definition) is 1. The standard InChI is InChI=1S/C13H28N/c1-4-5-6-7-8-9-10-11-12-13-14(2)3/h13H,4-12H2,1-3H3. The summed E-state index contributed by atoms with van der Waals surface area (Å²) in [5.74, 6) is 0. The molecule has 85 valence electrons. The topological polar surface area (TPSA) is 3.24 Å². The summed E-state index contributed by atoms with van der Waals surface area (Å²) in [4.78, 5) is 2.15. The first-order valence-corrected chi connectivity index (χ1v) is 6.27. The van der Waals surface area contributed by atoms with Crippen molar-refractivity contribution in [1.82, 2.24) is 4.90 Å². The van der Waals surface area contributed by atoms with Crippen LogP contribution >= 0.6 is 0 Å². The van der Waals surface area contributed by atoms with E-state index in [-0.39, 0.29) is 0 Å². The predicted octanol–water partition coefficient (Wildman–Crippen LogP) is 4.24. The molecule has 0 N–H and O–H groups in total. The molecule has 0 amide bonds. The molecule has 0 heterocycles. The van der Waals surface area contributed by atoms with E-state index in [4.69, 9.17) is 0 Å². The Hall–Kier alpha value is -0.0400. The zero-order valence-corrected chi connectivity index (χ0v) is 10.4. The van der Waals surface area contributed by atoms with Crippen molar-refractivity contribution in [2.24, 2.45) is 0 Å². The summed E-state index contributed by atoms with van der Waals surface area (Å²) in [5.41, 5.74) is 0. The highest BCUT2D eigenvalue weighted by atomic mass is 15.0. The first-order chi connectivity index (χ1) is 6.77. The lowest BCUT2D eigenvalue weighted by atomic mass is 10.1. The van der Waals surface area contributed by atoms with Crippen molar-refractivity contribution in [2.75, 3.05) is 14.1 Å². The quantitative estimate of drug-likeness (QED) is 0.475. The zero-order valence-electron chi connectivity index (χ0n) is 10.4. The van der Waals surface area contributed by atoms with Gasteiger partial charge in [-0.15, -0.1) is 0 Å². The molecule has 0 atom stereocenters. The van der Waals surface area contributed by atoms with Gasteiger partial charge in [-0.05, 0) is 20.5 Å². The van der Waals surface area contributed by atoms with Gasteiger partial charge in [-0.1, -0.05) is 58.3 Å². The van der Waals surface area contributed by atoms with E-state index in [1.807, 2.05) is 0 Å². The summed E-state index contributed by atoms with van der Waals surface area (Å²) in [6.07, 6.45) is 12.6. The van der Waals surface area contributed by atoms with Crippen molar-refractivity contribution in [3.63, 3.8) is 0 Å². The van der Waals surface area contributed by atoms with E-state index in [0.29, 0.717) is 0 Å². The average Bonchev–Trinajstić information content (AvgIpc) is 2.15. The number of rotatable bonds is 10. The van der Waals surface area contributed by atoms with Gasteiger partial charge >= 0.3 is 0 Å². The van der Waals surface area contributed by atoms with Gasteiger partial charge in [-0.25, -0.2) is 0 Å². The van der Waals surface area contributed by atoms with Crippen LogP contribution in [0.4, 0.5) is 0 Å². The van der Waals surface area contributed by atoms with Crippen LogP contribution in [0.15, 0.2) is 0 Å². The van der Waals surface area contributed by atoms with Crippen LogP contribution in [0.25, 0.3) is 0 Å². The van der Waals surface area contributed by atoms with Crippen LogP contribution in [0.1, 0.15) is 64.7 Å². The third-order valence-corrected chi connectivity index (χ3v) is 2.55. The molecule has 0 saturated carbocycles. The van der Waals surface area contributed by atoms with Gasteiger partial charge in [0.15, 0.2) is 0 Å². The van der Waals surface area contributed by atoms with Gasteiger partial charge in [-0.3, -0.25) is 0 Å². The fraction of sp³-hybridized carbons (Fsp3) is 0.923. The third kappa shape index (κ3) is 12.0. The fourth-order valence-electron chi connectivity index (χ4n) is 1.63. The maximum absolute atomic E-state index is 2.27. The number of hydrogen-bond donors (Lipinski definition) is 0. The summed E-state index contributed by atoms with van der Waals surface area (Å²) in [6.45, 7) is 4.55. The molecule has 0 rings (SSSR count). The molecular weight excluding hydrogens is 170 g/mol. The molecule has 0 aromatic rings. The monoisotopic (exact) mass is 198 g/mol. The Morgan fingerprint density at radius 3 is 1.79 bits per heavy atom. The molecule has 14 heavy (non-hydrogen) atoms. The third-order valence-electron chi connectivity index (χ3n) is 2.55. The molecule has 1 nitrogen and oxygen atoms in total. The number of unbranched alkanes of at least 4 members (excludes halogenated alkanes) is 8. The van der Waals surface area contributed by atoms with Gasteiger partial charge in [0.2, 0.25) is 0 Å². The molecule has 0 saturated heterocycles. The second kappa shape index (κ2) is 11.0. The molecule has 0 bridgehead atoms. The van der Waals surface area contributed by atoms with Gasteiger partial charge in [0.25, 0.3) is 0 Å². The fourth-order valence-corrected chi connectivity index (χ4v) is 1.63. The van der Waals surface area contributed by atoms with Gasteiger partial charge in [-0.2, -0.15) is 0 Å². The van der Waals surface area contributed by atoms with E-state index in [0.717, 1.165) is 0 Å². The predicted molar refractivity (Wildman–Crippen MR) is 65.2 cm³/mol. The molecule has 0 aromatic carbocycles. The highest BCUT2D eigenvalue weighted by Gasteiger charge is 1.93. The summed E-state index contributed by atoms with van der Waals surface area (Å²) in [5, 5.41) is 0. The van der Waals surface area contributed by atoms with Gasteiger partial charge in [0.05, 0.1) is 0 Å². The Bertz CT molecular complexity index is 99.4. The first kappa shape index (κ1) is 14.0. The second-order valence-corrected chi connectivity index (χ2v) is 4.41. The van der Waals surface area contributed by atoms with Crippen LogP contribution < -0.4 is 0 Å². The lowest BCUT2D eigenvalue weighted by Gasteiger charge is -2.07. The molecule has 0 fully saturated rings. The average molecular weight is 198 g/mol. The van der Waals surface area contributed by atoms with E-state index in [1.165, 1.54) is 57.8 Å². The first-order valence-electron chi connectivity index (χ1n) is 6.27. The van der Waals surface area contributed by atoms with Crippen LogP contribution in [0.5, 0.6) is 0 Å². The summed E-state index contributed by atoms with van der Waals surface area (Å²) in [6, 6.07) is 0. The van der Waals surface area contributed by atoms with E-state index < -0.39 is 0 Å². The Labute approximate surface area is 90.9 Å². The molecular formula is C13H28N. The minimum absolute atomic E-state index is 1.25. The van der Waals surface area contributed by atoms with Gasteiger partial charge in [0.1, 0.15) is 0 Å². The normalized spacial score (nSPS) is 11.1. The van der Waals surface area contributed by atoms with E-state index in [2.05, 4.69) is 32.5 Å². The molecule has 0 aliphatic heterocycles. The Kier molecular flexibility index (Phi) is 11.0. The van der Waals surface area contributed by atoms with E-state index >= 15 is 0 Å². The van der Waals surface area contributed by atoms with E-state index in [1.54, 1.807) is 0 Å². The summed E-state index contributed by atoms with van der Waals surface area (Å²) >= 11 is 0. The molecule has 0 aromatic heterocycles. The molecule has 0 spiro atoms. The largest absolute Gasteiger partial charge is 0.305 e. The van der Waals surface area contributed by atoms with Crippen molar-refractivity contribution in [3.05, 3.63) is 6.54 Å². The van der Waals surface area contributed by atoms with Crippen molar-refractivity contribution < 1.29 is 0 Å². The minimum atomic E-state index is 1.25. The zero-order chi connectivity index (χ0) is 10.6. The second-order valence-electron chi connectivity index (χ2n) is 4.41. The molecule has 0 aliphatic rings. The maximum atomic E-state index is 2.27. The Balaban J connectivity index is 2.85. The molecule has 1 radical (unpaired) electrons. The Morgan fingerprint density at radius 1 is 0.786 bits per heavy atom.